The van der Waals surface area contributed by atoms with E-state index in [-0.39, 0.29) is 17.7 Å². The summed E-state index contributed by atoms with van der Waals surface area (Å²) in [5.41, 5.74) is 2.20. The number of aromatic nitrogens is 2. The number of carbonyl (C=O) groups is 1. The average Bonchev–Trinajstić information content (AvgIpc) is 3.26. The van der Waals surface area contributed by atoms with E-state index in [1.165, 1.54) is 6.07 Å². The summed E-state index contributed by atoms with van der Waals surface area (Å²) in [6, 6.07) is 2.33. The topological polar surface area (TPSA) is 50.2 Å². The highest BCUT2D eigenvalue weighted by Crippen LogP contribution is 2.35. The number of rotatable bonds is 2. The molecule has 0 radical (unpaired) electrons. The molecule has 7 heteroatoms. The maximum Gasteiger partial charge on any atom is 0.232 e. The number of amides is 1. The van der Waals surface area contributed by atoms with E-state index in [0.717, 1.165) is 11.6 Å². The minimum absolute atomic E-state index is 0.0422. The third-order valence-electron chi connectivity index (χ3n) is 4.97. The SMILES string of the molecule is Cn1cc([C@H]2CNC[C@@H]2C(=O)N2CCc3cc(F)c(F)cc32)cn1. The normalized spacial score (nSPS) is 22.9. The van der Waals surface area contributed by atoms with Gasteiger partial charge in [-0.25, -0.2) is 8.78 Å². The van der Waals surface area contributed by atoms with Crippen molar-refractivity contribution < 1.29 is 13.6 Å². The van der Waals surface area contributed by atoms with E-state index in [1.54, 1.807) is 15.8 Å². The van der Waals surface area contributed by atoms with Crippen molar-refractivity contribution in [3.05, 3.63) is 47.3 Å². The highest BCUT2D eigenvalue weighted by Gasteiger charge is 2.39. The highest BCUT2D eigenvalue weighted by molar-refractivity contribution is 5.98. The molecule has 0 unspecified atom stereocenters. The minimum atomic E-state index is -0.915. The maximum atomic E-state index is 13.6. The first kappa shape index (κ1) is 15.3. The van der Waals surface area contributed by atoms with Crippen LogP contribution in [0, 0.1) is 17.6 Å². The Morgan fingerprint density at radius 2 is 2.08 bits per heavy atom. The first-order valence-electron chi connectivity index (χ1n) is 8.03. The molecule has 0 saturated carbocycles. The Morgan fingerprint density at radius 1 is 1.29 bits per heavy atom. The van der Waals surface area contributed by atoms with Crippen molar-refractivity contribution >= 4 is 11.6 Å². The molecule has 2 aliphatic rings. The summed E-state index contributed by atoms with van der Waals surface area (Å²) < 4.78 is 28.7. The second-order valence-electron chi connectivity index (χ2n) is 6.45. The van der Waals surface area contributed by atoms with Gasteiger partial charge in [0.2, 0.25) is 5.91 Å². The molecule has 1 saturated heterocycles. The number of hydrogen-bond donors (Lipinski definition) is 1. The summed E-state index contributed by atoms with van der Waals surface area (Å²) in [5.74, 6) is -2.01. The fourth-order valence-corrected chi connectivity index (χ4v) is 3.73. The van der Waals surface area contributed by atoms with Gasteiger partial charge >= 0.3 is 0 Å². The van der Waals surface area contributed by atoms with Gasteiger partial charge in [0.05, 0.1) is 17.8 Å². The Bertz CT molecular complexity index is 804. The minimum Gasteiger partial charge on any atom is -0.315 e. The van der Waals surface area contributed by atoms with Crippen molar-refractivity contribution in [2.75, 3.05) is 24.5 Å². The zero-order valence-corrected chi connectivity index (χ0v) is 13.3. The molecule has 0 spiro atoms. The van der Waals surface area contributed by atoms with Crippen LogP contribution in [0.3, 0.4) is 0 Å². The lowest BCUT2D eigenvalue weighted by Gasteiger charge is -2.24. The third kappa shape index (κ3) is 2.39. The quantitative estimate of drug-likeness (QED) is 0.909. The van der Waals surface area contributed by atoms with Gasteiger partial charge in [-0.1, -0.05) is 0 Å². The number of carbonyl (C=O) groups excluding carboxylic acids is 1. The monoisotopic (exact) mass is 332 g/mol. The summed E-state index contributed by atoms with van der Waals surface area (Å²) in [6.07, 6.45) is 4.26. The van der Waals surface area contributed by atoms with Gasteiger partial charge in [0, 0.05) is 44.9 Å². The molecule has 3 heterocycles. The van der Waals surface area contributed by atoms with E-state index in [9.17, 15) is 13.6 Å². The number of halogens is 2. The van der Waals surface area contributed by atoms with Crippen molar-refractivity contribution in [2.45, 2.75) is 12.3 Å². The number of hydrogen-bond acceptors (Lipinski definition) is 3. The lowest BCUT2D eigenvalue weighted by molar-refractivity contribution is -0.122. The van der Waals surface area contributed by atoms with Gasteiger partial charge in [0.15, 0.2) is 11.6 Å². The molecule has 0 bridgehead atoms. The molecule has 2 atom stereocenters. The van der Waals surface area contributed by atoms with Crippen LogP contribution in [0.4, 0.5) is 14.5 Å². The van der Waals surface area contributed by atoms with Gasteiger partial charge in [0.1, 0.15) is 0 Å². The molecule has 126 valence electrons. The van der Waals surface area contributed by atoms with Crippen LogP contribution in [0.25, 0.3) is 0 Å². The van der Waals surface area contributed by atoms with Crippen LogP contribution in [0.1, 0.15) is 17.0 Å². The van der Waals surface area contributed by atoms with Crippen LogP contribution in [-0.2, 0) is 18.3 Å². The van der Waals surface area contributed by atoms with Gasteiger partial charge < -0.3 is 10.2 Å². The molecule has 1 amide bonds. The standard InChI is InChI=1S/C17H18F2N4O/c1-22-9-11(6-21-22)12-7-20-8-13(12)17(24)23-3-2-10-4-14(18)15(19)5-16(10)23/h4-6,9,12-13,20H,2-3,7-8H2,1H3/t12-,13+/m1/s1. The van der Waals surface area contributed by atoms with Crippen molar-refractivity contribution in [2.24, 2.45) is 13.0 Å². The van der Waals surface area contributed by atoms with Crippen molar-refractivity contribution in [1.29, 1.82) is 0 Å². The van der Waals surface area contributed by atoms with Gasteiger partial charge in [-0.05, 0) is 23.6 Å². The predicted octanol–water partition coefficient (Wildman–Crippen LogP) is 1.59. The van der Waals surface area contributed by atoms with E-state index in [0.29, 0.717) is 37.3 Å². The summed E-state index contributed by atoms with van der Waals surface area (Å²) >= 11 is 0. The first-order chi connectivity index (χ1) is 11.5. The Hall–Kier alpha value is -2.28. The van der Waals surface area contributed by atoms with Crippen LogP contribution in [0.5, 0.6) is 0 Å². The number of anilines is 1. The van der Waals surface area contributed by atoms with Crippen molar-refractivity contribution in [3.63, 3.8) is 0 Å². The zero-order chi connectivity index (χ0) is 16.8. The first-order valence-corrected chi connectivity index (χ1v) is 8.03. The lowest BCUT2D eigenvalue weighted by Crippen LogP contribution is -2.37. The largest absolute Gasteiger partial charge is 0.315 e. The molecule has 24 heavy (non-hydrogen) atoms. The van der Waals surface area contributed by atoms with E-state index < -0.39 is 11.6 Å². The number of nitrogens with zero attached hydrogens (tertiary/aromatic N) is 3. The molecule has 4 rings (SSSR count). The Morgan fingerprint density at radius 3 is 2.83 bits per heavy atom. The molecule has 1 fully saturated rings. The van der Waals surface area contributed by atoms with E-state index >= 15 is 0 Å². The summed E-state index contributed by atoms with van der Waals surface area (Å²) in [7, 11) is 1.84. The van der Waals surface area contributed by atoms with Gasteiger partial charge in [-0.3, -0.25) is 9.48 Å². The highest BCUT2D eigenvalue weighted by atomic mass is 19.2. The van der Waals surface area contributed by atoms with E-state index in [4.69, 9.17) is 0 Å². The molecular formula is C17H18F2N4O. The maximum absolute atomic E-state index is 13.6. The summed E-state index contributed by atoms with van der Waals surface area (Å²) in [5, 5.41) is 7.44. The average molecular weight is 332 g/mol. The molecule has 5 nitrogen and oxygen atoms in total. The second-order valence-corrected chi connectivity index (χ2v) is 6.45. The van der Waals surface area contributed by atoms with E-state index in [1.807, 2.05) is 13.2 Å². The molecular weight excluding hydrogens is 314 g/mol. The second kappa shape index (κ2) is 5.66. The van der Waals surface area contributed by atoms with Crippen LogP contribution < -0.4 is 10.2 Å². The molecule has 1 aromatic heterocycles. The Labute approximate surface area is 138 Å². The van der Waals surface area contributed by atoms with Gasteiger partial charge in [0.25, 0.3) is 0 Å². The van der Waals surface area contributed by atoms with Crippen LogP contribution in [0.2, 0.25) is 0 Å². The summed E-state index contributed by atoms with van der Waals surface area (Å²) in [6.45, 7) is 1.75. The Kier molecular flexibility index (Phi) is 3.60. The van der Waals surface area contributed by atoms with Gasteiger partial charge in [-0.15, -0.1) is 0 Å². The van der Waals surface area contributed by atoms with Crippen LogP contribution >= 0.6 is 0 Å². The van der Waals surface area contributed by atoms with E-state index in [2.05, 4.69) is 10.4 Å². The fraction of sp³-hybridized carbons (Fsp3) is 0.412. The molecule has 2 aliphatic heterocycles. The van der Waals surface area contributed by atoms with Crippen molar-refractivity contribution in [1.82, 2.24) is 15.1 Å². The number of fused-ring (bicyclic) bond motifs is 1. The zero-order valence-electron chi connectivity index (χ0n) is 13.3. The molecule has 0 aliphatic carbocycles. The van der Waals surface area contributed by atoms with Crippen LogP contribution in [0.15, 0.2) is 24.5 Å². The number of aryl methyl sites for hydroxylation is 1. The number of benzene rings is 1. The smallest absolute Gasteiger partial charge is 0.232 e. The number of nitrogens with one attached hydrogen (secondary N) is 1. The lowest BCUT2D eigenvalue weighted by atomic mass is 9.90. The van der Waals surface area contributed by atoms with Crippen molar-refractivity contribution in [3.8, 4) is 0 Å². The fourth-order valence-electron chi connectivity index (χ4n) is 3.73. The van der Waals surface area contributed by atoms with Crippen LogP contribution in [-0.4, -0.2) is 35.3 Å². The summed E-state index contributed by atoms with van der Waals surface area (Å²) in [4.78, 5) is 14.6. The molecule has 2 aromatic rings. The molecule has 1 aromatic carbocycles. The Balaban J connectivity index is 1.62. The van der Waals surface area contributed by atoms with Gasteiger partial charge in [-0.2, -0.15) is 5.10 Å². The molecule has 1 N–H and O–H groups in total. The predicted molar refractivity (Wildman–Crippen MR) is 84.7 cm³/mol. The third-order valence-corrected chi connectivity index (χ3v) is 4.97.